The summed E-state index contributed by atoms with van der Waals surface area (Å²) in [6.45, 7) is 9.51. The van der Waals surface area contributed by atoms with E-state index < -0.39 is 0 Å². The molecule has 0 aliphatic carbocycles. The molecular weight excluding hydrogens is 425 g/mol. The molecule has 0 bridgehead atoms. The van der Waals surface area contributed by atoms with Gasteiger partial charge in [0.25, 0.3) is 0 Å². The number of piperazine rings is 1. The summed E-state index contributed by atoms with van der Waals surface area (Å²) in [5.74, 6) is 3.07. The quantitative estimate of drug-likeness (QED) is 0.225. The van der Waals surface area contributed by atoms with Crippen molar-refractivity contribution in [3.63, 3.8) is 0 Å². The highest BCUT2D eigenvalue weighted by Crippen LogP contribution is 2.07. The molecule has 0 amide bonds. The van der Waals surface area contributed by atoms with Crippen LogP contribution in [-0.2, 0) is 6.54 Å². The second kappa shape index (κ2) is 11.7. The van der Waals surface area contributed by atoms with E-state index in [1.54, 1.807) is 6.26 Å². The molecule has 1 aliphatic rings. The Morgan fingerprint density at radius 2 is 2.26 bits per heavy atom. The average molecular weight is 451 g/mol. The van der Waals surface area contributed by atoms with E-state index in [-0.39, 0.29) is 24.0 Å². The summed E-state index contributed by atoms with van der Waals surface area (Å²) in [6, 6.07) is 1.92. The molecule has 1 aromatic rings. The number of hydrogen-bond acceptors (Lipinski definition) is 5. The molecule has 1 N–H and O–H groups in total. The fourth-order valence-corrected chi connectivity index (χ4v) is 2.98. The van der Waals surface area contributed by atoms with Gasteiger partial charge in [-0.15, -0.1) is 30.6 Å². The molecule has 0 unspecified atom stereocenters. The van der Waals surface area contributed by atoms with Gasteiger partial charge in [0.1, 0.15) is 6.26 Å². The second-order valence-electron chi connectivity index (χ2n) is 5.09. The fourth-order valence-electron chi connectivity index (χ4n) is 2.40. The Labute approximate surface area is 159 Å². The van der Waals surface area contributed by atoms with E-state index in [1.807, 2.05) is 31.0 Å². The third-order valence-electron chi connectivity index (χ3n) is 3.53. The Balaban J connectivity index is 0.00000264. The number of nitrogens with one attached hydrogen (secondary N) is 1. The lowest BCUT2D eigenvalue weighted by atomic mass is 10.3. The third-order valence-corrected chi connectivity index (χ3v) is 4.49. The van der Waals surface area contributed by atoms with Crippen LogP contribution in [0.1, 0.15) is 5.69 Å². The Morgan fingerprint density at radius 1 is 1.48 bits per heavy atom. The molecule has 6 nitrogen and oxygen atoms in total. The lowest BCUT2D eigenvalue weighted by Gasteiger charge is -2.36. The number of nitrogens with zero attached hydrogens (tertiary/aromatic N) is 4. The van der Waals surface area contributed by atoms with Crippen LogP contribution in [0.4, 0.5) is 0 Å². The molecular formula is C15H26IN5OS. The minimum absolute atomic E-state index is 0. The minimum Gasteiger partial charge on any atom is -0.364 e. The highest BCUT2D eigenvalue weighted by atomic mass is 127. The summed E-state index contributed by atoms with van der Waals surface area (Å²) in [6.07, 6.45) is 3.56. The van der Waals surface area contributed by atoms with Crippen molar-refractivity contribution in [1.82, 2.24) is 20.3 Å². The Morgan fingerprint density at radius 3 is 2.87 bits per heavy atom. The molecule has 23 heavy (non-hydrogen) atoms. The number of aliphatic imine (C=N–C) groups is 1. The first-order valence-electron chi connectivity index (χ1n) is 7.59. The normalized spacial score (nSPS) is 16.0. The Hall–Kier alpha value is -0.740. The van der Waals surface area contributed by atoms with Crippen LogP contribution in [-0.4, -0.2) is 72.2 Å². The van der Waals surface area contributed by atoms with Crippen molar-refractivity contribution in [2.45, 2.75) is 6.54 Å². The van der Waals surface area contributed by atoms with Crippen LogP contribution >= 0.6 is 35.7 Å². The Bertz CT molecular complexity index is 460. The van der Waals surface area contributed by atoms with E-state index >= 15 is 0 Å². The highest BCUT2D eigenvalue weighted by molar-refractivity contribution is 14.0. The van der Waals surface area contributed by atoms with Gasteiger partial charge < -0.3 is 14.7 Å². The van der Waals surface area contributed by atoms with Crippen LogP contribution in [0, 0.1) is 0 Å². The van der Waals surface area contributed by atoms with Crippen molar-refractivity contribution in [2.24, 2.45) is 4.99 Å². The zero-order valence-corrected chi connectivity index (χ0v) is 16.8. The van der Waals surface area contributed by atoms with Crippen molar-refractivity contribution in [1.29, 1.82) is 0 Å². The van der Waals surface area contributed by atoms with E-state index in [1.165, 1.54) is 0 Å². The lowest BCUT2D eigenvalue weighted by molar-refractivity contribution is 0.169. The maximum Gasteiger partial charge on any atom is 0.193 e. The number of guanidine groups is 1. The van der Waals surface area contributed by atoms with Crippen LogP contribution in [0.15, 0.2) is 34.5 Å². The first-order valence-corrected chi connectivity index (χ1v) is 8.75. The van der Waals surface area contributed by atoms with E-state index in [0.29, 0.717) is 0 Å². The highest BCUT2D eigenvalue weighted by Gasteiger charge is 2.19. The number of hydrogen-bond donors (Lipinski definition) is 1. The monoisotopic (exact) mass is 451 g/mol. The van der Waals surface area contributed by atoms with Crippen LogP contribution in [0.25, 0.3) is 0 Å². The molecule has 2 heterocycles. The molecule has 1 aliphatic heterocycles. The third kappa shape index (κ3) is 7.13. The SMILES string of the molecule is C=CCSCCNC(=NC)N1CCN(Cc2ccon2)CC1.I. The van der Waals surface area contributed by atoms with Gasteiger partial charge in [-0.2, -0.15) is 11.8 Å². The van der Waals surface area contributed by atoms with Crippen molar-refractivity contribution in [2.75, 3.05) is 51.3 Å². The summed E-state index contributed by atoms with van der Waals surface area (Å²) in [7, 11) is 1.85. The minimum atomic E-state index is 0. The predicted octanol–water partition coefficient (Wildman–Crippen LogP) is 1.90. The summed E-state index contributed by atoms with van der Waals surface area (Å²) < 4.78 is 4.88. The van der Waals surface area contributed by atoms with Gasteiger partial charge in [-0.05, 0) is 0 Å². The topological polar surface area (TPSA) is 56.9 Å². The largest absolute Gasteiger partial charge is 0.364 e. The molecule has 8 heteroatoms. The summed E-state index contributed by atoms with van der Waals surface area (Å²) in [4.78, 5) is 9.09. The first kappa shape index (κ1) is 20.3. The standard InChI is InChI=1S/C15H25N5OS.HI/c1-3-11-22-12-5-17-15(16-2)20-8-6-19(7-9-20)13-14-4-10-21-18-14;/h3-4,10H,1,5-9,11-13H2,2H3,(H,16,17);1H. The van der Waals surface area contributed by atoms with Crippen molar-refractivity contribution in [3.05, 3.63) is 30.7 Å². The Kier molecular flexibility index (Phi) is 10.4. The number of rotatable bonds is 7. The molecule has 0 radical (unpaired) electrons. The molecule has 0 aromatic carbocycles. The van der Waals surface area contributed by atoms with E-state index in [4.69, 9.17) is 4.52 Å². The van der Waals surface area contributed by atoms with Gasteiger partial charge in [-0.3, -0.25) is 9.89 Å². The summed E-state index contributed by atoms with van der Waals surface area (Å²) >= 11 is 1.88. The second-order valence-corrected chi connectivity index (χ2v) is 6.24. The maximum atomic E-state index is 4.88. The molecule has 2 rings (SSSR count). The van der Waals surface area contributed by atoms with E-state index in [0.717, 1.165) is 62.4 Å². The predicted molar refractivity (Wildman–Crippen MR) is 108 cm³/mol. The maximum absolute atomic E-state index is 4.88. The van der Waals surface area contributed by atoms with Crippen LogP contribution in [0.5, 0.6) is 0 Å². The molecule has 1 fully saturated rings. The number of aromatic nitrogens is 1. The molecule has 130 valence electrons. The summed E-state index contributed by atoms with van der Waals surface area (Å²) in [5, 5.41) is 7.40. The van der Waals surface area contributed by atoms with Gasteiger partial charge in [0.15, 0.2) is 5.96 Å². The molecule has 0 atom stereocenters. The van der Waals surface area contributed by atoms with Crippen molar-refractivity contribution < 1.29 is 4.52 Å². The van der Waals surface area contributed by atoms with Gasteiger partial charge in [-0.25, -0.2) is 0 Å². The summed E-state index contributed by atoms with van der Waals surface area (Å²) in [5.41, 5.74) is 0.996. The van der Waals surface area contributed by atoms with Crippen LogP contribution in [0.3, 0.4) is 0 Å². The molecule has 0 saturated carbocycles. The van der Waals surface area contributed by atoms with Gasteiger partial charge in [0, 0.05) is 63.9 Å². The fraction of sp³-hybridized carbons (Fsp3) is 0.600. The van der Waals surface area contributed by atoms with Gasteiger partial charge in [0.2, 0.25) is 0 Å². The van der Waals surface area contributed by atoms with E-state index in [9.17, 15) is 0 Å². The number of thioether (sulfide) groups is 1. The zero-order chi connectivity index (χ0) is 15.6. The zero-order valence-electron chi connectivity index (χ0n) is 13.6. The lowest BCUT2D eigenvalue weighted by Crippen LogP contribution is -2.52. The van der Waals surface area contributed by atoms with Crippen molar-refractivity contribution in [3.8, 4) is 0 Å². The van der Waals surface area contributed by atoms with Crippen molar-refractivity contribution >= 4 is 41.7 Å². The van der Waals surface area contributed by atoms with E-state index in [2.05, 4.69) is 31.8 Å². The molecule has 1 aromatic heterocycles. The van der Waals surface area contributed by atoms with Crippen LogP contribution in [0.2, 0.25) is 0 Å². The van der Waals surface area contributed by atoms with Gasteiger partial charge >= 0.3 is 0 Å². The smallest absolute Gasteiger partial charge is 0.193 e. The first-order chi connectivity index (χ1) is 10.8. The molecule has 0 spiro atoms. The van der Waals surface area contributed by atoms with Crippen LogP contribution < -0.4 is 5.32 Å². The molecule has 1 saturated heterocycles. The van der Waals surface area contributed by atoms with Gasteiger partial charge in [0.05, 0.1) is 5.69 Å². The number of halogens is 1. The average Bonchev–Trinajstić information content (AvgIpc) is 3.05. The van der Waals surface area contributed by atoms with Gasteiger partial charge in [-0.1, -0.05) is 11.2 Å².